The van der Waals surface area contributed by atoms with Crippen LogP contribution in [0.5, 0.6) is 0 Å². The monoisotopic (exact) mass is 242 g/mol. The van der Waals surface area contributed by atoms with E-state index in [2.05, 4.69) is 10.3 Å². The maximum absolute atomic E-state index is 11.6. The minimum atomic E-state index is -0.958. The molecule has 0 radical (unpaired) electrons. The van der Waals surface area contributed by atoms with Gasteiger partial charge < -0.3 is 10.4 Å². The van der Waals surface area contributed by atoms with E-state index in [0.29, 0.717) is 6.54 Å². The van der Waals surface area contributed by atoms with Crippen molar-refractivity contribution in [1.82, 2.24) is 10.3 Å². The van der Waals surface area contributed by atoms with E-state index in [0.717, 1.165) is 4.88 Å². The quantitative estimate of drug-likeness (QED) is 0.810. The predicted octanol–water partition coefficient (Wildman–Crippen LogP) is 1.12. The van der Waals surface area contributed by atoms with Crippen molar-refractivity contribution >= 4 is 23.2 Å². The molecule has 1 rings (SSSR count). The van der Waals surface area contributed by atoms with Gasteiger partial charge in [-0.15, -0.1) is 11.3 Å². The van der Waals surface area contributed by atoms with Gasteiger partial charge in [-0.2, -0.15) is 0 Å². The molecule has 2 atom stereocenters. The topological polar surface area (TPSA) is 79.3 Å². The maximum atomic E-state index is 11.6. The number of nitrogens with one attached hydrogen (secondary N) is 1. The fourth-order valence-corrected chi connectivity index (χ4v) is 1.64. The van der Waals surface area contributed by atoms with Crippen LogP contribution in [0.3, 0.4) is 0 Å². The van der Waals surface area contributed by atoms with Gasteiger partial charge in [0, 0.05) is 17.0 Å². The number of hydrogen-bond donors (Lipinski definition) is 2. The van der Waals surface area contributed by atoms with Gasteiger partial charge >= 0.3 is 5.97 Å². The molecule has 5 nitrogen and oxygen atoms in total. The van der Waals surface area contributed by atoms with Gasteiger partial charge in [-0.05, 0) is 0 Å². The second kappa shape index (κ2) is 5.60. The third-order valence-electron chi connectivity index (χ3n) is 2.47. The number of carboxylic acid groups (broad SMARTS) is 1. The SMILES string of the molecule is CC(C(=O)O)C(C)C(=O)NCc1cncs1. The highest BCUT2D eigenvalue weighted by molar-refractivity contribution is 7.09. The maximum Gasteiger partial charge on any atom is 0.307 e. The predicted molar refractivity (Wildman–Crippen MR) is 59.9 cm³/mol. The van der Waals surface area contributed by atoms with E-state index in [-0.39, 0.29) is 5.91 Å². The number of aromatic nitrogens is 1. The molecule has 6 heteroatoms. The second-order valence-corrected chi connectivity index (χ2v) is 4.57. The molecule has 2 unspecified atom stereocenters. The molecule has 16 heavy (non-hydrogen) atoms. The number of carbonyl (C=O) groups is 2. The highest BCUT2D eigenvalue weighted by atomic mass is 32.1. The van der Waals surface area contributed by atoms with Crippen molar-refractivity contribution in [2.75, 3.05) is 0 Å². The molecular weight excluding hydrogens is 228 g/mol. The highest BCUT2D eigenvalue weighted by Gasteiger charge is 2.25. The largest absolute Gasteiger partial charge is 0.481 e. The van der Waals surface area contributed by atoms with Crippen LogP contribution in [0, 0.1) is 11.8 Å². The average molecular weight is 242 g/mol. The minimum Gasteiger partial charge on any atom is -0.481 e. The number of nitrogens with zero attached hydrogens (tertiary/aromatic N) is 1. The molecule has 1 aromatic heterocycles. The summed E-state index contributed by atoms with van der Waals surface area (Å²) < 4.78 is 0. The first-order chi connectivity index (χ1) is 7.52. The Morgan fingerprint density at radius 1 is 1.50 bits per heavy atom. The summed E-state index contributed by atoms with van der Waals surface area (Å²) in [6, 6.07) is 0. The standard InChI is InChI=1S/C10H14N2O3S/c1-6(7(2)10(14)15)9(13)12-4-8-3-11-5-16-8/h3,5-7H,4H2,1-2H3,(H,12,13)(H,14,15). The van der Waals surface area contributed by atoms with Crippen molar-refractivity contribution in [2.24, 2.45) is 11.8 Å². The lowest BCUT2D eigenvalue weighted by Gasteiger charge is -2.15. The smallest absolute Gasteiger partial charge is 0.307 e. The van der Waals surface area contributed by atoms with Gasteiger partial charge in [0.25, 0.3) is 0 Å². The Kier molecular flexibility index (Phi) is 4.42. The van der Waals surface area contributed by atoms with Gasteiger partial charge in [0.15, 0.2) is 0 Å². The van der Waals surface area contributed by atoms with E-state index < -0.39 is 17.8 Å². The summed E-state index contributed by atoms with van der Waals surface area (Å²) in [6.45, 7) is 3.54. The molecule has 1 amide bonds. The molecule has 0 aromatic carbocycles. The van der Waals surface area contributed by atoms with Gasteiger partial charge in [0.2, 0.25) is 5.91 Å². The first-order valence-electron chi connectivity index (χ1n) is 4.90. The first kappa shape index (κ1) is 12.6. The fourth-order valence-electron chi connectivity index (χ4n) is 1.11. The number of thiazole rings is 1. The van der Waals surface area contributed by atoms with Gasteiger partial charge in [-0.25, -0.2) is 0 Å². The molecule has 0 aliphatic heterocycles. The van der Waals surface area contributed by atoms with Crippen molar-refractivity contribution in [3.05, 3.63) is 16.6 Å². The van der Waals surface area contributed by atoms with Crippen LogP contribution in [0.15, 0.2) is 11.7 Å². The third-order valence-corrected chi connectivity index (χ3v) is 3.25. The molecule has 88 valence electrons. The van der Waals surface area contributed by atoms with Gasteiger partial charge in [0.1, 0.15) is 0 Å². The molecule has 0 saturated carbocycles. The Hall–Kier alpha value is -1.43. The molecule has 0 aliphatic rings. The normalized spacial score (nSPS) is 14.1. The van der Waals surface area contributed by atoms with Crippen LogP contribution in [-0.4, -0.2) is 22.0 Å². The lowest BCUT2D eigenvalue weighted by atomic mass is 9.95. The fraction of sp³-hybridized carbons (Fsp3) is 0.500. The van der Waals surface area contributed by atoms with Crippen molar-refractivity contribution in [2.45, 2.75) is 20.4 Å². The van der Waals surface area contributed by atoms with Gasteiger partial charge in [-0.1, -0.05) is 13.8 Å². The molecular formula is C10H14N2O3S. The van der Waals surface area contributed by atoms with Gasteiger partial charge in [0.05, 0.1) is 18.0 Å². The Bertz CT molecular complexity index is 364. The van der Waals surface area contributed by atoms with Crippen molar-refractivity contribution in [3.63, 3.8) is 0 Å². The Morgan fingerprint density at radius 2 is 2.19 bits per heavy atom. The lowest BCUT2D eigenvalue weighted by Crippen LogP contribution is -2.34. The van der Waals surface area contributed by atoms with Crippen LogP contribution in [0.1, 0.15) is 18.7 Å². The van der Waals surface area contributed by atoms with E-state index in [4.69, 9.17) is 5.11 Å². The number of amides is 1. The summed E-state index contributed by atoms with van der Waals surface area (Å²) in [6.07, 6.45) is 1.68. The van der Waals surface area contributed by atoms with Crippen LogP contribution >= 0.6 is 11.3 Å². The number of hydrogen-bond acceptors (Lipinski definition) is 4. The van der Waals surface area contributed by atoms with E-state index in [1.54, 1.807) is 18.6 Å². The van der Waals surface area contributed by atoms with Crippen molar-refractivity contribution in [1.29, 1.82) is 0 Å². The van der Waals surface area contributed by atoms with Crippen LogP contribution in [0.4, 0.5) is 0 Å². The Labute approximate surface area is 97.5 Å². The van der Waals surface area contributed by atoms with E-state index >= 15 is 0 Å². The summed E-state index contributed by atoms with van der Waals surface area (Å²) >= 11 is 1.45. The number of carbonyl (C=O) groups excluding carboxylic acids is 1. The molecule has 2 N–H and O–H groups in total. The van der Waals surface area contributed by atoms with Crippen molar-refractivity contribution in [3.8, 4) is 0 Å². The van der Waals surface area contributed by atoms with E-state index in [9.17, 15) is 9.59 Å². The zero-order valence-corrected chi connectivity index (χ0v) is 9.95. The van der Waals surface area contributed by atoms with Crippen LogP contribution in [0.25, 0.3) is 0 Å². The summed E-state index contributed by atoms with van der Waals surface area (Å²) in [5, 5.41) is 11.5. The first-order valence-corrected chi connectivity index (χ1v) is 5.78. The molecule has 0 fully saturated rings. The highest BCUT2D eigenvalue weighted by Crippen LogP contribution is 2.12. The second-order valence-electron chi connectivity index (χ2n) is 3.60. The summed E-state index contributed by atoms with van der Waals surface area (Å²) in [7, 11) is 0. The lowest BCUT2D eigenvalue weighted by molar-refractivity contribution is -0.146. The van der Waals surface area contributed by atoms with E-state index in [1.807, 2.05) is 0 Å². The zero-order chi connectivity index (χ0) is 12.1. The zero-order valence-electron chi connectivity index (χ0n) is 9.14. The van der Waals surface area contributed by atoms with Crippen LogP contribution in [-0.2, 0) is 16.1 Å². The summed E-state index contributed by atoms with van der Waals surface area (Å²) in [5.41, 5.74) is 1.69. The molecule has 0 bridgehead atoms. The molecule has 0 saturated heterocycles. The third kappa shape index (κ3) is 3.30. The van der Waals surface area contributed by atoms with Crippen molar-refractivity contribution < 1.29 is 14.7 Å². The van der Waals surface area contributed by atoms with E-state index in [1.165, 1.54) is 18.3 Å². The van der Waals surface area contributed by atoms with Gasteiger partial charge in [-0.3, -0.25) is 14.6 Å². The number of carboxylic acids is 1. The summed E-state index contributed by atoms with van der Waals surface area (Å²) in [4.78, 5) is 27.1. The van der Waals surface area contributed by atoms with Crippen LogP contribution < -0.4 is 5.32 Å². The molecule has 0 spiro atoms. The Morgan fingerprint density at radius 3 is 2.69 bits per heavy atom. The molecule has 1 aromatic rings. The minimum absolute atomic E-state index is 0.247. The molecule has 1 heterocycles. The van der Waals surface area contributed by atoms with Crippen LogP contribution in [0.2, 0.25) is 0 Å². The molecule has 0 aliphatic carbocycles. The summed E-state index contributed by atoms with van der Waals surface area (Å²) in [5.74, 6) is -2.42. The number of rotatable bonds is 5. The Balaban J connectivity index is 2.43. The average Bonchev–Trinajstić information content (AvgIpc) is 2.76. The number of aliphatic carboxylic acids is 1.